The van der Waals surface area contributed by atoms with Gasteiger partial charge in [0.1, 0.15) is 0 Å². The van der Waals surface area contributed by atoms with E-state index in [-0.39, 0.29) is 0 Å². The third-order valence-electron chi connectivity index (χ3n) is 4.79. The SMILES string of the molecule is CCCCCc1ccc(NC(C)C2CCCN(C)C2)cc1. The lowest BCUT2D eigenvalue weighted by molar-refractivity contribution is 0.197. The van der Waals surface area contributed by atoms with Crippen molar-refractivity contribution in [3.05, 3.63) is 29.8 Å². The Kier molecular flexibility index (Phi) is 6.56. The second kappa shape index (κ2) is 8.43. The number of benzene rings is 1. The molecule has 0 aliphatic carbocycles. The summed E-state index contributed by atoms with van der Waals surface area (Å²) in [6, 6.07) is 9.64. The molecule has 0 spiro atoms. The number of hydrogen-bond acceptors (Lipinski definition) is 2. The molecule has 0 aromatic heterocycles. The molecule has 2 heteroatoms. The maximum atomic E-state index is 3.70. The number of nitrogens with zero attached hydrogens (tertiary/aromatic N) is 1. The van der Waals surface area contributed by atoms with Crippen LogP contribution in [0.25, 0.3) is 0 Å². The lowest BCUT2D eigenvalue weighted by Crippen LogP contribution is -2.39. The van der Waals surface area contributed by atoms with Crippen molar-refractivity contribution in [1.29, 1.82) is 0 Å². The molecule has 2 nitrogen and oxygen atoms in total. The van der Waals surface area contributed by atoms with Gasteiger partial charge in [0, 0.05) is 18.3 Å². The van der Waals surface area contributed by atoms with Crippen LogP contribution in [0.4, 0.5) is 5.69 Å². The monoisotopic (exact) mass is 288 g/mol. The van der Waals surface area contributed by atoms with Crippen LogP contribution < -0.4 is 5.32 Å². The molecular formula is C19H32N2. The summed E-state index contributed by atoms with van der Waals surface area (Å²) in [6.07, 6.45) is 7.86. The van der Waals surface area contributed by atoms with Crippen LogP contribution in [0.3, 0.4) is 0 Å². The Morgan fingerprint density at radius 2 is 2.00 bits per heavy atom. The van der Waals surface area contributed by atoms with Crippen molar-refractivity contribution >= 4 is 5.69 Å². The van der Waals surface area contributed by atoms with E-state index >= 15 is 0 Å². The van der Waals surface area contributed by atoms with Crippen molar-refractivity contribution < 1.29 is 0 Å². The first-order chi connectivity index (χ1) is 10.2. The van der Waals surface area contributed by atoms with E-state index in [2.05, 4.69) is 55.4 Å². The van der Waals surface area contributed by atoms with Crippen LogP contribution >= 0.6 is 0 Å². The number of anilines is 1. The molecule has 1 aliphatic heterocycles. The number of nitrogens with one attached hydrogen (secondary N) is 1. The van der Waals surface area contributed by atoms with Crippen LogP contribution in [-0.2, 0) is 6.42 Å². The van der Waals surface area contributed by atoms with E-state index in [0.29, 0.717) is 6.04 Å². The van der Waals surface area contributed by atoms with Crippen molar-refractivity contribution in [3.8, 4) is 0 Å². The van der Waals surface area contributed by atoms with Crippen LogP contribution in [0, 0.1) is 5.92 Å². The van der Waals surface area contributed by atoms with Crippen LogP contribution in [0.2, 0.25) is 0 Å². The fourth-order valence-electron chi connectivity index (χ4n) is 3.34. The summed E-state index contributed by atoms with van der Waals surface area (Å²) in [5.41, 5.74) is 2.74. The molecule has 0 amide bonds. The van der Waals surface area contributed by atoms with Gasteiger partial charge in [0.05, 0.1) is 0 Å². The lowest BCUT2D eigenvalue weighted by atomic mass is 9.91. The van der Waals surface area contributed by atoms with E-state index < -0.39 is 0 Å². The van der Waals surface area contributed by atoms with E-state index in [1.807, 2.05) is 0 Å². The zero-order valence-corrected chi connectivity index (χ0v) is 14.1. The Morgan fingerprint density at radius 3 is 2.67 bits per heavy atom. The van der Waals surface area contributed by atoms with Gasteiger partial charge in [-0.1, -0.05) is 31.9 Å². The number of likely N-dealkylation sites (tertiary alicyclic amines) is 1. The van der Waals surface area contributed by atoms with Crippen molar-refractivity contribution in [3.63, 3.8) is 0 Å². The van der Waals surface area contributed by atoms with Gasteiger partial charge < -0.3 is 10.2 Å². The van der Waals surface area contributed by atoms with Gasteiger partial charge in [0.2, 0.25) is 0 Å². The molecular weight excluding hydrogens is 256 g/mol. The molecule has 0 radical (unpaired) electrons. The second-order valence-corrected chi connectivity index (χ2v) is 6.75. The first kappa shape index (κ1) is 16.4. The highest BCUT2D eigenvalue weighted by Crippen LogP contribution is 2.22. The molecule has 118 valence electrons. The van der Waals surface area contributed by atoms with Gasteiger partial charge >= 0.3 is 0 Å². The first-order valence-electron chi connectivity index (χ1n) is 8.73. The molecule has 1 N–H and O–H groups in total. The maximum absolute atomic E-state index is 3.70. The molecule has 0 saturated carbocycles. The highest BCUT2D eigenvalue weighted by Gasteiger charge is 2.22. The molecule has 2 rings (SSSR count). The normalized spacial score (nSPS) is 21.2. The quantitative estimate of drug-likeness (QED) is 0.740. The smallest absolute Gasteiger partial charge is 0.0342 e. The van der Waals surface area contributed by atoms with Crippen molar-refractivity contribution in [1.82, 2.24) is 4.90 Å². The Morgan fingerprint density at radius 1 is 1.24 bits per heavy atom. The molecule has 1 aliphatic rings. The highest BCUT2D eigenvalue weighted by molar-refractivity contribution is 5.45. The number of unbranched alkanes of at least 4 members (excludes halogenated alkanes) is 2. The van der Waals surface area contributed by atoms with E-state index in [1.165, 1.54) is 62.9 Å². The molecule has 2 atom stereocenters. The summed E-state index contributed by atoms with van der Waals surface area (Å²) in [5.74, 6) is 0.771. The van der Waals surface area contributed by atoms with Crippen LogP contribution in [0.15, 0.2) is 24.3 Å². The number of aryl methyl sites for hydroxylation is 1. The van der Waals surface area contributed by atoms with Gasteiger partial charge in [-0.15, -0.1) is 0 Å². The molecule has 1 aromatic rings. The molecule has 2 unspecified atom stereocenters. The van der Waals surface area contributed by atoms with Crippen LogP contribution in [0.1, 0.15) is 51.5 Å². The summed E-state index contributed by atoms with van der Waals surface area (Å²) >= 11 is 0. The summed E-state index contributed by atoms with van der Waals surface area (Å²) in [6.45, 7) is 7.08. The molecule has 1 aromatic carbocycles. The van der Waals surface area contributed by atoms with Gasteiger partial charge in [0.15, 0.2) is 0 Å². The summed E-state index contributed by atoms with van der Waals surface area (Å²) < 4.78 is 0. The summed E-state index contributed by atoms with van der Waals surface area (Å²) in [7, 11) is 2.24. The third-order valence-corrected chi connectivity index (χ3v) is 4.79. The zero-order valence-electron chi connectivity index (χ0n) is 14.1. The van der Waals surface area contributed by atoms with Crippen LogP contribution in [0.5, 0.6) is 0 Å². The van der Waals surface area contributed by atoms with E-state index in [0.717, 1.165) is 5.92 Å². The van der Waals surface area contributed by atoms with Crippen molar-refractivity contribution in [2.45, 2.75) is 58.4 Å². The highest BCUT2D eigenvalue weighted by atomic mass is 15.1. The van der Waals surface area contributed by atoms with E-state index in [1.54, 1.807) is 0 Å². The molecule has 21 heavy (non-hydrogen) atoms. The molecule has 1 saturated heterocycles. The predicted molar refractivity (Wildman–Crippen MR) is 93.0 cm³/mol. The maximum Gasteiger partial charge on any atom is 0.0342 e. The number of rotatable bonds is 7. The topological polar surface area (TPSA) is 15.3 Å². The van der Waals surface area contributed by atoms with Crippen molar-refractivity contribution in [2.75, 3.05) is 25.5 Å². The van der Waals surface area contributed by atoms with Gasteiger partial charge in [-0.3, -0.25) is 0 Å². The lowest BCUT2D eigenvalue weighted by Gasteiger charge is -2.34. The van der Waals surface area contributed by atoms with Gasteiger partial charge in [-0.2, -0.15) is 0 Å². The minimum atomic E-state index is 0.554. The zero-order chi connectivity index (χ0) is 15.1. The second-order valence-electron chi connectivity index (χ2n) is 6.75. The predicted octanol–water partition coefficient (Wildman–Crippen LogP) is 4.56. The fourth-order valence-corrected chi connectivity index (χ4v) is 3.34. The average Bonchev–Trinajstić information content (AvgIpc) is 2.49. The summed E-state index contributed by atoms with van der Waals surface area (Å²) in [4.78, 5) is 2.46. The largest absolute Gasteiger partial charge is 0.382 e. The van der Waals surface area contributed by atoms with Gasteiger partial charge in [0.25, 0.3) is 0 Å². The number of hydrogen-bond donors (Lipinski definition) is 1. The molecule has 0 bridgehead atoms. The Balaban J connectivity index is 1.81. The average molecular weight is 288 g/mol. The summed E-state index contributed by atoms with van der Waals surface area (Å²) in [5, 5.41) is 3.70. The molecule has 1 fully saturated rings. The standard InChI is InChI=1S/C19H32N2/c1-4-5-6-8-17-10-12-19(13-11-17)20-16(2)18-9-7-14-21(3)15-18/h10-13,16,18,20H,4-9,14-15H2,1-3H3. The van der Waals surface area contributed by atoms with E-state index in [4.69, 9.17) is 0 Å². The van der Waals surface area contributed by atoms with Gasteiger partial charge in [-0.25, -0.2) is 0 Å². The van der Waals surface area contributed by atoms with Gasteiger partial charge in [-0.05, 0) is 69.8 Å². The molecule has 1 heterocycles. The first-order valence-corrected chi connectivity index (χ1v) is 8.73. The Hall–Kier alpha value is -1.02. The van der Waals surface area contributed by atoms with E-state index in [9.17, 15) is 0 Å². The minimum Gasteiger partial charge on any atom is -0.382 e. The number of piperidine rings is 1. The Bertz CT molecular complexity index is 399. The van der Waals surface area contributed by atoms with Crippen molar-refractivity contribution in [2.24, 2.45) is 5.92 Å². The third kappa shape index (κ3) is 5.35. The van der Waals surface area contributed by atoms with Crippen LogP contribution in [-0.4, -0.2) is 31.1 Å². The minimum absolute atomic E-state index is 0.554. The Labute approximate surface area is 130 Å². The fraction of sp³-hybridized carbons (Fsp3) is 0.684.